The van der Waals surface area contributed by atoms with E-state index in [4.69, 9.17) is 4.74 Å². The van der Waals surface area contributed by atoms with E-state index in [0.717, 1.165) is 45.0 Å². The largest absolute Gasteiger partial charge is 0.483 e. The summed E-state index contributed by atoms with van der Waals surface area (Å²) in [6.07, 6.45) is 3.55. The van der Waals surface area contributed by atoms with Crippen LogP contribution < -0.4 is 4.74 Å². The Kier molecular flexibility index (Phi) is 7.65. The number of amides is 2. The number of rotatable bonds is 9. The Morgan fingerprint density at radius 1 is 0.822 bits per heavy atom. The molecule has 2 unspecified atom stereocenters. The fourth-order valence-electron chi connectivity index (χ4n) is 6.06. The van der Waals surface area contributed by atoms with Crippen LogP contribution in [0.2, 0.25) is 0 Å². The Hall–Kier alpha value is -5.21. The molecular weight excluding hydrogens is 580 g/mol. The second kappa shape index (κ2) is 12.1. The van der Waals surface area contributed by atoms with Crippen molar-refractivity contribution in [2.45, 2.75) is 30.2 Å². The topological polar surface area (TPSA) is 88.2 Å². The van der Waals surface area contributed by atoms with Crippen molar-refractivity contribution < 1.29 is 14.3 Å². The molecule has 2 amide bonds. The van der Waals surface area contributed by atoms with Crippen molar-refractivity contribution in [1.82, 2.24) is 19.9 Å². The zero-order chi connectivity index (χ0) is 30.8. The number of fused-ring (bicyclic) bond motifs is 1. The van der Waals surface area contributed by atoms with E-state index in [1.54, 1.807) is 12.4 Å². The van der Waals surface area contributed by atoms with Crippen LogP contribution in [0.5, 0.6) is 5.75 Å². The number of hydrogen-bond donors (Lipinski definition) is 1. The summed E-state index contributed by atoms with van der Waals surface area (Å²) in [5, 5.41) is -0.834. The average Bonchev–Trinajstić information content (AvgIpc) is 3.65. The van der Waals surface area contributed by atoms with E-state index in [1.807, 2.05) is 128 Å². The lowest BCUT2D eigenvalue weighted by Gasteiger charge is -2.42. The number of imidazole rings is 1. The van der Waals surface area contributed by atoms with Gasteiger partial charge in [-0.1, -0.05) is 115 Å². The first kappa shape index (κ1) is 28.6. The predicted molar refractivity (Wildman–Crippen MR) is 176 cm³/mol. The highest BCUT2D eigenvalue weighted by Gasteiger charge is 2.53. The fraction of sp³-hybridized carbons (Fsp3) is 0.135. The van der Waals surface area contributed by atoms with Gasteiger partial charge in [-0.3, -0.25) is 19.5 Å². The quantitative estimate of drug-likeness (QED) is 0.169. The third kappa shape index (κ3) is 5.27. The molecule has 0 radical (unpaired) electrons. The third-order valence-electron chi connectivity index (χ3n) is 8.18. The van der Waals surface area contributed by atoms with Crippen molar-refractivity contribution in [1.29, 1.82) is 0 Å². The zero-order valence-electron chi connectivity index (χ0n) is 24.5. The van der Waals surface area contributed by atoms with Gasteiger partial charge in [-0.25, -0.2) is 4.98 Å². The lowest BCUT2D eigenvalue weighted by molar-refractivity contribution is -0.129. The molecule has 7 nitrogen and oxygen atoms in total. The Morgan fingerprint density at radius 2 is 1.40 bits per heavy atom. The first-order valence-electron chi connectivity index (χ1n) is 14.8. The number of imide groups is 1. The minimum absolute atomic E-state index is 0.213. The van der Waals surface area contributed by atoms with Crippen LogP contribution in [-0.2, 0) is 16.8 Å². The summed E-state index contributed by atoms with van der Waals surface area (Å²) in [6, 6.07) is 39.0. The smallest absolute Gasteiger partial charge is 0.290 e. The van der Waals surface area contributed by atoms with E-state index < -0.39 is 10.8 Å². The maximum Gasteiger partial charge on any atom is 0.290 e. The average molecular weight is 611 g/mol. The molecule has 0 saturated carbocycles. The van der Waals surface area contributed by atoms with Crippen LogP contribution in [0.3, 0.4) is 0 Å². The minimum atomic E-state index is -1.12. The maximum atomic E-state index is 14.4. The van der Waals surface area contributed by atoms with E-state index in [1.165, 1.54) is 4.90 Å². The number of carbonyl (C=O) groups is 2. The van der Waals surface area contributed by atoms with E-state index >= 15 is 0 Å². The highest BCUT2D eigenvalue weighted by atomic mass is 32.2. The molecule has 1 aliphatic rings. The molecule has 0 spiro atoms. The monoisotopic (exact) mass is 610 g/mol. The number of aromatic amines is 1. The van der Waals surface area contributed by atoms with Crippen LogP contribution in [0.25, 0.3) is 11.0 Å². The molecule has 4 aromatic carbocycles. The molecule has 8 heteroatoms. The predicted octanol–water partition coefficient (Wildman–Crippen LogP) is 7.70. The second-order valence-electron chi connectivity index (χ2n) is 11.0. The van der Waals surface area contributed by atoms with Gasteiger partial charge < -0.3 is 9.72 Å². The summed E-state index contributed by atoms with van der Waals surface area (Å²) < 4.78 is 6.15. The second-order valence-corrected chi connectivity index (χ2v) is 12.1. The molecule has 2 atom stereocenters. The summed E-state index contributed by atoms with van der Waals surface area (Å²) in [7, 11) is 0. The number of carbonyl (C=O) groups excluding carboxylic acids is 2. The van der Waals surface area contributed by atoms with Gasteiger partial charge in [0.1, 0.15) is 22.6 Å². The molecule has 1 aliphatic heterocycles. The molecule has 3 heterocycles. The van der Waals surface area contributed by atoms with Crippen LogP contribution in [0.4, 0.5) is 4.79 Å². The van der Waals surface area contributed by atoms with E-state index in [-0.39, 0.29) is 17.3 Å². The van der Waals surface area contributed by atoms with Gasteiger partial charge in [0.2, 0.25) is 5.91 Å². The molecule has 45 heavy (non-hydrogen) atoms. The van der Waals surface area contributed by atoms with Crippen molar-refractivity contribution >= 4 is 33.9 Å². The first-order valence-corrected chi connectivity index (χ1v) is 15.7. The number of ether oxygens (including phenoxy) is 1. The van der Waals surface area contributed by atoms with Gasteiger partial charge in [0, 0.05) is 6.20 Å². The summed E-state index contributed by atoms with van der Waals surface area (Å²) >= 11 is 1.09. The fourth-order valence-corrected chi connectivity index (χ4v) is 7.12. The van der Waals surface area contributed by atoms with Gasteiger partial charge in [0.05, 0.1) is 17.0 Å². The number of nitrogens with one attached hydrogen (secondary N) is 1. The SMILES string of the molecule is CC(Oc1ccc(CC2SC(=O)N(C(c3ccccc3)(c3ccccc3)c3ccccc3)C2=O)cc1)c1nc2cnccc2[nH]1. The zero-order valence-corrected chi connectivity index (χ0v) is 25.4. The molecule has 0 aliphatic carbocycles. The van der Waals surface area contributed by atoms with Gasteiger partial charge in [-0.2, -0.15) is 0 Å². The molecule has 1 fully saturated rings. The van der Waals surface area contributed by atoms with Gasteiger partial charge >= 0.3 is 0 Å². The van der Waals surface area contributed by atoms with Gasteiger partial charge in [0.15, 0.2) is 6.10 Å². The van der Waals surface area contributed by atoms with Crippen LogP contribution in [0.15, 0.2) is 134 Å². The van der Waals surface area contributed by atoms with Crippen molar-refractivity contribution in [3.63, 3.8) is 0 Å². The molecule has 6 aromatic rings. The number of H-pyrrole nitrogens is 1. The first-order chi connectivity index (χ1) is 22.0. The summed E-state index contributed by atoms with van der Waals surface area (Å²) in [4.78, 5) is 41.8. The van der Waals surface area contributed by atoms with Crippen LogP contribution in [0, 0.1) is 0 Å². The lowest BCUT2D eigenvalue weighted by atomic mass is 9.75. The van der Waals surface area contributed by atoms with E-state index in [0.29, 0.717) is 18.0 Å². The number of benzene rings is 4. The van der Waals surface area contributed by atoms with E-state index in [2.05, 4.69) is 15.0 Å². The molecule has 0 bridgehead atoms. The van der Waals surface area contributed by atoms with E-state index in [9.17, 15) is 9.59 Å². The molecule has 222 valence electrons. The van der Waals surface area contributed by atoms with Crippen molar-refractivity contribution in [3.05, 3.63) is 162 Å². The Bertz CT molecular complexity index is 1820. The highest BCUT2D eigenvalue weighted by Crippen LogP contribution is 2.47. The van der Waals surface area contributed by atoms with Crippen LogP contribution in [-0.4, -0.2) is 36.2 Å². The minimum Gasteiger partial charge on any atom is -0.483 e. The molecule has 1 N–H and O–H groups in total. The molecule has 7 rings (SSSR count). The maximum absolute atomic E-state index is 14.4. The van der Waals surface area contributed by atoms with Crippen molar-refractivity contribution in [2.24, 2.45) is 0 Å². The Morgan fingerprint density at radius 3 is 1.96 bits per heavy atom. The summed E-state index contributed by atoms with van der Waals surface area (Å²) in [5.41, 5.74) is 4.06. The number of thioether (sulfide) groups is 1. The Labute approximate surface area is 265 Å². The highest BCUT2D eigenvalue weighted by molar-refractivity contribution is 8.15. The van der Waals surface area contributed by atoms with Gasteiger partial charge in [-0.15, -0.1) is 0 Å². The van der Waals surface area contributed by atoms with Crippen molar-refractivity contribution in [2.75, 3.05) is 0 Å². The molecule has 1 saturated heterocycles. The van der Waals surface area contributed by atoms with Crippen LogP contribution >= 0.6 is 11.8 Å². The third-order valence-corrected chi connectivity index (χ3v) is 9.21. The molecule has 2 aromatic heterocycles. The lowest BCUT2D eigenvalue weighted by Crippen LogP contribution is -2.51. The number of pyridine rings is 1. The van der Waals surface area contributed by atoms with Crippen LogP contribution in [0.1, 0.15) is 41.1 Å². The van der Waals surface area contributed by atoms with Gasteiger partial charge in [-0.05, 0) is 53.8 Å². The van der Waals surface area contributed by atoms with Gasteiger partial charge in [0.25, 0.3) is 5.24 Å². The number of hydrogen-bond acceptors (Lipinski definition) is 6. The number of nitrogens with zero attached hydrogens (tertiary/aromatic N) is 3. The molecular formula is C37H30N4O3S. The summed E-state index contributed by atoms with van der Waals surface area (Å²) in [6.45, 7) is 1.94. The van der Waals surface area contributed by atoms with Crippen molar-refractivity contribution in [3.8, 4) is 5.75 Å². The normalized spacial score (nSPS) is 15.8. The summed E-state index contributed by atoms with van der Waals surface area (Å²) in [5.74, 6) is 1.19. The standard InChI is InChI=1S/C37H30N4O3S/c1-25(34-39-31-21-22-38-24-32(31)40-34)44-30-19-17-26(18-20-30)23-33-35(42)41(36(43)45-33)37(27-11-5-2-6-12-27,28-13-7-3-8-14-28)29-15-9-4-10-16-29/h2-22,24-25,33H,23H2,1H3,(H,39,40). The Balaban J connectivity index is 1.16. The number of aromatic nitrogens is 3.